The number of aromatic nitrogens is 1. The van der Waals surface area contributed by atoms with Crippen LogP contribution in [0.3, 0.4) is 0 Å². The van der Waals surface area contributed by atoms with E-state index in [9.17, 15) is 14.9 Å². The van der Waals surface area contributed by atoms with Gasteiger partial charge in [-0.2, -0.15) is 0 Å². The number of rotatable bonds is 5. The molecule has 1 aromatic rings. The molecular formula is C10H13N3O4. The second-order valence-corrected chi connectivity index (χ2v) is 3.86. The molecule has 1 rings (SSSR count). The lowest BCUT2D eigenvalue weighted by atomic mass is 10.1. The van der Waals surface area contributed by atoms with Gasteiger partial charge in [0.05, 0.1) is 11.0 Å². The molecule has 1 unspecified atom stereocenters. The van der Waals surface area contributed by atoms with Crippen LogP contribution in [0.2, 0.25) is 0 Å². The lowest BCUT2D eigenvalue weighted by molar-refractivity contribution is -0.384. The van der Waals surface area contributed by atoms with E-state index in [-0.39, 0.29) is 17.4 Å². The lowest BCUT2D eigenvalue weighted by Gasteiger charge is -2.18. The van der Waals surface area contributed by atoms with Crippen molar-refractivity contribution in [3.63, 3.8) is 0 Å². The van der Waals surface area contributed by atoms with E-state index in [0.717, 1.165) is 0 Å². The molecule has 0 aliphatic heterocycles. The molecule has 92 valence electrons. The molecule has 0 amide bonds. The zero-order valence-corrected chi connectivity index (χ0v) is 9.45. The van der Waals surface area contributed by atoms with E-state index in [4.69, 9.17) is 5.11 Å². The van der Waals surface area contributed by atoms with Crippen molar-refractivity contribution < 1.29 is 14.8 Å². The van der Waals surface area contributed by atoms with Gasteiger partial charge in [0.25, 0.3) is 5.69 Å². The largest absolute Gasteiger partial charge is 0.480 e. The van der Waals surface area contributed by atoms with Crippen molar-refractivity contribution in [3.8, 4) is 0 Å². The Morgan fingerprint density at radius 3 is 2.71 bits per heavy atom. The summed E-state index contributed by atoms with van der Waals surface area (Å²) in [6.07, 6.45) is 1.26. The van der Waals surface area contributed by atoms with Gasteiger partial charge in [-0.15, -0.1) is 0 Å². The zero-order valence-electron chi connectivity index (χ0n) is 9.45. The summed E-state index contributed by atoms with van der Waals surface area (Å²) in [4.78, 5) is 24.8. The first-order valence-electron chi connectivity index (χ1n) is 5.01. The molecule has 17 heavy (non-hydrogen) atoms. The maximum atomic E-state index is 10.9. The van der Waals surface area contributed by atoms with Crippen LogP contribution < -0.4 is 5.32 Å². The van der Waals surface area contributed by atoms with Crippen LogP contribution in [-0.4, -0.2) is 27.0 Å². The van der Waals surface area contributed by atoms with Crippen molar-refractivity contribution in [3.05, 3.63) is 28.4 Å². The molecule has 0 bridgehead atoms. The average molecular weight is 239 g/mol. The SMILES string of the molecule is CC(C)C(Nc1cc([N+](=O)[O-])ccn1)C(=O)O. The van der Waals surface area contributed by atoms with Crippen LogP contribution >= 0.6 is 0 Å². The van der Waals surface area contributed by atoms with Crippen LogP contribution in [0.1, 0.15) is 13.8 Å². The second kappa shape index (κ2) is 5.24. The van der Waals surface area contributed by atoms with Gasteiger partial charge in [-0.25, -0.2) is 9.78 Å². The van der Waals surface area contributed by atoms with Gasteiger partial charge >= 0.3 is 5.97 Å². The number of aliphatic carboxylic acids is 1. The molecule has 7 nitrogen and oxygen atoms in total. The Morgan fingerprint density at radius 1 is 1.59 bits per heavy atom. The predicted octanol–water partition coefficient (Wildman–Crippen LogP) is 1.51. The molecule has 2 N–H and O–H groups in total. The summed E-state index contributed by atoms with van der Waals surface area (Å²) >= 11 is 0. The van der Waals surface area contributed by atoms with Crippen LogP contribution in [0.25, 0.3) is 0 Å². The number of hydrogen-bond donors (Lipinski definition) is 2. The van der Waals surface area contributed by atoms with Crippen LogP contribution in [0.4, 0.5) is 11.5 Å². The monoisotopic (exact) mass is 239 g/mol. The second-order valence-electron chi connectivity index (χ2n) is 3.86. The molecule has 0 radical (unpaired) electrons. The van der Waals surface area contributed by atoms with E-state index < -0.39 is 16.9 Å². The van der Waals surface area contributed by atoms with Gasteiger partial charge in [-0.05, 0) is 5.92 Å². The van der Waals surface area contributed by atoms with Crippen LogP contribution in [0.5, 0.6) is 0 Å². The highest BCUT2D eigenvalue weighted by Gasteiger charge is 2.22. The minimum atomic E-state index is -1.02. The summed E-state index contributed by atoms with van der Waals surface area (Å²) in [5.74, 6) is -0.998. The van der Waals surface area contributed by atoms with Crippen molar-refractivity contribution in [2.24, 2.45) is 5.92 Å². The fourth-order valence-corrected chi connectivity index (χ4v) is 1.28. The van der Waals surface area contributed by atoms with Crippen molar-refractivity contribution in [1.29, 1.82) is 0 Å². The van der Waals surface area contributed by atoms with Crippen molar-refractivity contribution in [1.82, 2.24) is 4.98 Å². The molecular weight excluding hydrogens is 226 g/mol. The first-order chi connectivity index (χ1) is 7.91. The Morgan fingerprint density at radius 2 is 2.24 bits per heavy atom. The van der Waals surface area contributed by atoms with Crippen molar-refractivity contribution in [2.45, 2.75) is 19.9 Å². The van der Waals surface area contributed by atoms with Gasteiger partial charge in [-0.1, -0.05) is 13.8 Å². The molecule has 0 aromatic carbocycles. The molecule has 0 saturated carbocycles. The quantitative estimate of drug-likeness (QED) is 0.596. The normalized spacial score (nSPS) is 12.2. The summed E-state index contributed by atoms with van der Waals surface area (Å²) in [6, 6.07) is 1.62. The van der Waals surface area contributed by atoms with Gasteiger partial charge in [-0.3, -0.25) is 10.1 Å². The number of nitro groups is 1. The van der Waals surface area contributed by atoms with Crippen molar-refractivity contribution in [2.75, 3.05) is 5.32 Å². The lowest BCUT2D eigenvalue weighted by Crippen LogP contribution is -2.34. The highest BCUT2D eigenvalue weighted by Crippen LogP contribution is 2.16. The standard InChI is InChI=1S/C10H13N3O4/c1-6(2)9(10(14)15)12-8-5-7(13(16)17)3-4-11-8/h3-6,9H,1-2H3,(H,11,12)(H,14,15). The summed E-state index contributed by atoms with van der Waals surface area (Å²) < 4.78 is 0. The van der Waals surface area contributed by atoms with E-state index >= 15 is 0 Å². The molecule has 1 atom stereocenters. The van der Waals surface area contributed by atoms with Crippen molar-refractivity contribution >= 4 is 17.5 Å². The minimum absolute atomic E-state index is 0.129. The third kappa shape index (κ3) is 3.40. The van der Waals surface area contributed by atoms with Crippen LogP contribution in [0, 0.1) is 16.0 Å². The number of nitrogens with one attached hydrogen (secondary N) is 1. The first kappa shape index (κ1) is 12.9. The molecule has 0 aliphatic carbocycles. The molecule has 0 spiro atoms. The molecule has 1 heterocycles. The number of hydrogen-bond acceptors (Lipinski definition) is 5. The minimum Gasteiger partial charge on any atom is -0.480 e. The van der Waals surface area contributed by atoms with E-state index in [2.05, 4.69) is 10.3 Å². The number of anilines is 1. The van der Waals surface area contributed by atoms with Crippen LogP contribution in [-0.2, 0) is 4.79 Å². The Bertz CT molecular complexity index is 433. The fraction of sp³-hybridized carbons (Fsp3) is 0.400. The number of carboxylic acids is 1. The number of carbonyl (C=O) groups is 1. The smallest absolute Gasteiger partial charge is 0.326 e. The maximum Gasteiger partial charge on any atom is 0.326 e. The predicted molar refractivity (Wildman–Crippen MR) is 60.8 cm³/mol. The Labute approximate surface area is 97.6 Å². The number of carboxylic acid groups (broad SMARTS) is 1. The summed E-state index contributed by atoms with van der Waals surface area (Å²) in [5.41, 5.74) is -0.129. The van der Waals surface area contributed by atoms with Gasteiger partial charge in [0.2, 0.25) is 0 Å². The third-order valence-electron chi connectivity index (χ3n) is 2.19. The number of nitrogens with zero attached hydrogens (tertiary/aromatic N) is 2. The maximum absolute atomic E-state index is 10.9. The number of pyridine rings is 1. The molecule has 7 heteroatoms. The Hall–Kier alpha value is -2.18. The fourth-order valence-electron chi connectivity index (χ4n) is 1.28. The summed E-state index contributed by atoms with van der Waals surface area (Å²) in [5, 5.41) is 22.2. The Balaban J connectivity index is 2.90. The van der Waals surface area contributed by atoms with E-state index in [0.29, 0.717) is 0 Å². The highest BCUT2D eigenvalue weighted by atomic mass is 16.6. The molecule has 1 aromatic heterocycles. The van der Waals surface area contributed by atoms with E-state index in [1.54, 1.807) is 13.8 Å². The summed E-state index contributed by atoms with van der Waals surface area (Å²) in [7, 11) is 0. The third-order valence-corrected chi connectivity index (χ3v) is 2.19. The van der Waals surface area contributed by atoms with Gasteiger partial charge in [0.1, 0.15) is 11.9 Å². The molecule has 0 saturated heterocycles. The Kier molecular flexibility index (Phi) is 3.97. The van der Waals surface area contributed by atoms with Gasteiger partial charge < -0.3 is 10.4 Å². The van der Waals surface area contributed by atoms with Gasteiger partial charge in [0, 0.05) is 12.3 Å². The zero-order chi connectivity index (χ0) is 13.0. The van der Waals surface area contributed by atoms with Gasteiger partial charge in [0.15, 0.2) is 0 Å². The average Bonchev–Trinajstić information content (AvgIpc) is 2.25. The van der Waals surface area contributed by atoms with E-state index in [1.165, 1.54) is 18.3 Å². The molecule has 0 fully saturated rings. The van der Waals surface area contributed by atoms with Crippen LogP contribution in [0.15, 0.2) is 18.3 Å². The highest BCUT2D eigenvalue weighted by molar-refractivity contribution is 5.77. The topological polar surface area (TPSA) is 105 Å². The first-order valence-corrected chi connectivity index (χ1v) is 5.01. The summed E-state index contributed by atoms with van der Waals surface area (Å²) in [6.45, 7) is 3.48. The molecule has 0 aliphatic rings. The van der Waals surface area contributed by atoms with E-state index in [1.807, 2.05) is 0 Å².